The lowest BCUT2D eigenvalue weighted by Gasteiger charge is -2.16. The quantitative estimate of drug-likeness (QED) is 0.225. The molecule has 1 N–H and O–H groups in total. The summed E-state index contributed by atoms with van der Waals surface area (Å²) in [5.74, 6) is 1.10. The Morgan fingerprint density at radius 2 is 1.95 bits per heavy atom. The first kappa shape index (κ1) is 25.5. The number of carbonyl (C=O) groups excluding carboxylic acids is 1. The first-order chi connectivity index (χ1) is 19.3. The van der Waals surface area contributed by atoms with Crippen molar-refractivity contribution in [1.82, 2.24) is 15.5 Å². The lowest BCUT2D eigenvalue weighted by molar-refractivity contribution is -0.274. The number of thiazole rings is 1. The number of carbonyl (C=O) groups is 1. The maximum absolute atomic E-state index is 13.1. The molecule has 2 saturated carbocycles. The fourth-order valence-electron chi connectivity index (χ4n) is 5.38. The summed E-state index contributed by atoms with van der Waals surface area (Å²) in [7, 11) is 0. The van der Waals surface area contributed by atoms with Gasteiger partial charge in [-0.1, -0.05) is 28.6 Å². The highest BCUT2D eigenvalue weighted by atomic mass is 32.1. The number of hydrogen-bond acceptors (Lipinski definition) is 8. The largest absolute Gasteiger partial charge is 0.573 e. The van der Waals surface area contributed by atoms with Crippen molar-refractivity contribution in [2.24, 2.45) is 5.92 Å². The van der Waals surface area contributed by atoms with Gasteiger partial charge in [-0.15, -0.1) is 13.2 Å². The standard InChI is InChI=1S/C29H27F3N4O3S/c30-29(31,32)38-23-4-2-1-3-20(23)25-21(27(39-35-25)17-7-8-17)14-33-19-11-12-36(15-19)28-34-22-10-9-18(13-24(22)40-28)26(37)16-5-6-16/h1-4,9-10,13,16-17,19,33H,5-8,11-12,14-15H2. The molecular formula is C29H27F3N4O3S. The summed E-state index contributed by atoms with van der Waals surface area (Å²) < 4.78 is 50.2. The van der Waals surface area contributed by atoms with Gasteiger partial charge in [0.1, 0.15) is 17.2 Å². The predicted molar refractivity (Wildman–Crippen MR) is 145 cm³/mol. The summed E-state index contributed by atoms with van der Waals surface area (Å²) in [6.45, 7) is 2.01. The SMILES string of the molecule is O=C(c1ccc2nc(N3CCC(NCc4c(-c5ccccc5OC(F)(F)F)noc4C4CC4)C3)sc2c1)C1CC1. The molecule has 1 aliphatic heterocycles. The summed E-state index contributed by atoms with van der Waals surface area (Å²) in [5, 5.41) is 8.72. The van der Waals surface area contributed by atoms with Crippen LogP contribution in [0.1, 0.15) is 59.7 Å². The second-order valence-corrected chi connectivity index (χ2v) is 11.8. The molecule has 7 rings (SSSR count). The molecule has 2 aromatic heterocycles. The summed E-state index contributed by atoms with van der Waals surface area (Å²) in [6, 6.07) is 12.0. The molecule has 0 bridgehead atoms. The Labute approximate surface area is 232 Å². The van der Waals surface area contributed by atoms with Crippen LogP contribution < -0.4 is 15.0 Å². The first-order valence-electron chi connectivity index (χ1n) is 13.6. The van der Waals surface area contributed by atoms with Crippen LogP contribution in [0.5, 0.6) is 5.75 Å². The number of hydrogen-bond donors (Lipinski definition) is 1. The van der Waals surface area contributed by atoms with Crippen molar-refractivity contribution in [2.75, 3.05) is 18.0 Å². The van der Waals surface area contributed by atoms with Crippen LogP contribution in [0.3, 0.4) is 0 Å². The molecule has 3 fully saturated rings. The molecule has 11 heteroatoms. The minimum atomic E-state index is -4.81. The second-order valence-electron chi connectivity index (χ2n) is 10.8. The Balaban J connectivity index is 1.07. The zero-order valence-corrected chi connectivity index (χ0v) is 22.4. The normalized spacial score (nSPS) is 19.5. The molecule has 1 atom stereocenters. The van der Waals surface area contributed by atoms with Gasteiger partial charge in [0.05, 0.1) is 10.2 Å². The Morgan fingerprint density at radius 3 is 2.73 bits per heavy atom. The topological polar surface area (TPSA) is 80.5 Å². The van der Waals surface area contributed by atoms with Crippen LogP contribution in [-0.4, -0.2) is 41.4 Å². The Bertz CT molecular complexity index is 1570. The van der Waals surface area contributed by atoms with Crippen molar-refractivity contribution in [3.63, 3.8) is 0 Å². The van der Waals surface area contributed by atoms with Crippen LogP contribution in [0.4, 0.5) is 18.3 Å². The van der Waals surface area contributed by atoms with Gasteiger partial charge < -0.3 is 19.5 Å². The fourth-order valence-corrected chi connectivity index (χ4v) is 6.42. The van der Waals surface area contributed by atoms with Crippen molar-refractivity contribution in [3.05, 3.63) is 59.4 Å². The Morgan fingerprint density at radius 1 is 1.12 bits per heavy atom. The van der Waals surface area contributed by atoms with Gasteiger partial charge in [0.2, 0.25) is 0 Å². The van der Waals surface area contributed by atoms with Crippen molar-refractivity contribution >= 4 is 32.5 Å². The number of halogens is 3. The molecule has 4 aromatic rings. The first-order valence-corrected chi connectivity index (χ1v) is 14.4. The number of aromatic nitrogens is 2. The lowest BCUT2D eigenvalue weighted by Crippen LogP contribution is -2.32. The summed E-state index contributed by atoms with van der Waals surface area (Å²) >= 11 is 1.60. The van der Waals surface area contributed by atoms with Crippen LogP contribution >= 0.6 is 11.3 Å². The molecular weight excluding hydrogens is 541 g/mol. The molecule has 2 aliphatic carbocycles. The second kappa shape index (κ2) is 9.88. The molecule has 0 radical (unpaired) electrons. The minimum absolute atomic E-state index is 0.162. The van der Waals surface area contributed by atoms with Crippen molar-refractivity contribution in [2.45, 2.75) is 57.0 Å². The third-order valence-corrected chi connectivity index (χ3v) is 8.85. The average molecular weight is 569 g/mol. The molecule has 1 unspecified atom stereocenters. The van der Waals surface area contributed by atoms with Gasteiger partial charge >= 0.3 is 6.36 Å². The maximum Gasteiger partial charge on any atom is 0.573 e. The van der Waals surface area contributed by atoms with E-state index in [0.29, 0.717) is 12.2 Å². The maximum atomic E-state index is 13.1. The van der Waals surface area contributed by atoms with Crippen LogP contribution in [-0.2, 0) is 6.54 Å². The van der Waals surface area contributed by atoms with Gasteiger partial charge in [0.25, 0.3) is 0 Å². The highest BCUT2D eigenvalue weighted by Crippen LogP contribution is 2.45. The average Bonchev–Trinajstić information content (AvgIpc) is 3.82. The zero-order chi connectivity index (χ0) is 27.4. The van der Waals surface area contributed by atoms with Gasteiger partial charge in [-0.05, 0) is 62.4 Å². The molecule has 3 heterocycles. The molecule has 0 spiro atoms. The number of nitrogens with one attached hydrogen (secondary N) is 1. The third-order valence-electron chi connectivity index (χ3n) is 7.77. The monoisotopic (exact) mass is 568 g/mol. The van der Waals surface area contributed by atoms with E-state index in [1.54, 1.807) is 23.5 Å². The van der Waals surface area contributed by atoms with Crippen molar-refractivity contribution in [3.8, 4) is 17.0 Å². The van der Waals surface area contributed by atoms with E-state index in [2.05, 4.69) is 20.1 Å². The number of fused-ring (bicyclic) bond motifs is 1. The van der Waals surface area contributed by atoms with Crippen molar-refractivity contribution in [1.29, 1.82) is 0 Å². The highest BCUT2D eigenvalue weighted by molar-refractivity contribution is 7.22. The van der Waals surface area contributed by atoms with E-state index in [1.807, 2.05) is 18.2 Å². The smallest absolute Gasteiger partial charge is 0.405 e. The number of alkyl halides is 3. The van der Waals surface area contributed by atoms with Gasteiger partial charge in [-0.25, -0.2) is 4.98 Å². The molecule has 0 amide bonds. The lowest BCUT2D eigenvalue weighted by atomic mass is 10.0. The van der Waals surface area contributed by atoms with E-state index >= 15 is 0 Å². The van der Waals surface area contributed by atoms with E-state index in [0.717, 1.165) is 77.4 Å². The summed E-state index contributed by atoms with van der Waals surface area (Å²) in [6.07, 6.45) is 0.0171. The number of anilines is 1. The van der Waals surface area contributed by atoms with E-state index < -0.39 is 6.36 Å². The number of Topliss-reactive ketones (excluding diaryl/α,β-unsaturated/α-hetero) is 1. The number of para-hydroxylation sites is 1. The molecule has 7 nitrogen and oxygen atoms in total. The van der Waals surface area contributed by atoms with Gasteiger partial charge in [0, 0.05) is 54.2 Å². The van der Waals surface area contributed by atoms with E-state index in [9.17, 15) is 18.0 Å². The van der Waals surface area contributed by atoms with Gasteiger partial charge in [0.15, 0.2) is 10.9 Å². The van der Waals surface area contributed by atoms with Crippen LogP contribution in [0.2, 0.25) is 0 Å². The van der Waals surface area contributed by atoms with Gasteiger partial charge in [-0.3, -0.25) is 4.79 Å². The van der Waals surface area contributed by atoms with Crippen LogP contribution in [0, 0.1) is 5.92 Å². The Kier molecular flexibility index (Phi) is 6.31. The van der Waals surface area contributed by atoms with E-state index in [-0.39, 0.29) is 35.0 Å². The number of nitrogens with zero attached hydrogens (tertiary/aromatic N) is 3. The number of benzene rings is 2. The van der Waals surface area contributed by atoms with Gasteiger partial charge in [-0.2, -0.15) is 0 Å². The number of ketones is 1. The number of rotatable bonds is 9. The molecule has 1 saturated heterocycles. The molecule has 40 heavy (non-hydrogen) atoms. The predicted octanol–water partition coefficient (Wildman–Crippen LogP) is 6.69. The number of ether oxygens (including phenoxy) is 1. The fraction of sp³-hybridized carbons (Fsp3) is 0.414. The van der Waals surface area contributed by atoms with Crippen LogP contribution in [0.15, 0.2) is 47.0 Å². The summed E-state index contributed by atoms with van der Waals surface area (Å²) in [5.41, 5.74) is 3.09. The van der Waals surface area contributed by atoms with Crippen molar-refractivity contribution < 1.29 is 27.2 Å². The minimum Gasteiger partial charge on any atom is -0.405 e. The van der Waals surface area contributed by atoms with E-state index in [1.165, 1.54) is 12.1 Å². The van der Waals surface area contributed by atoms with E-state index in [4.69, 9.17) is 9.51 Å². The molecule has 3 aliphatic rings. The molecule has 2 aromatic carbocycles. The molecule has 208 valence electrons. The summed E-state index contributed by atoms with van der Waals surface area (Å²) in [4.78, 5) is 19.5. The highest BCUT2D eigenvalue weighted by Gasteiger charge is 2.36. The third kappa shape index (κ3) is 5.19. The van der Waals surface area contributed by atoms with Crippen LogP contribution in [0.25, 0.3) is 21.5 Å². The zero-order valence-electron chi connectivity index (χ0n) is 21.5. The Hall–Kier alpha value is -3.44.